The number of hydrogen-bond donors (Lipinski definition) is 1. The zero-order valence-electron chi connectivity index (χ0n) is 17.1. The number of halogens is 1. The summed E-state index contributed by atoms with van der Waals surface area (Å²) in [5.74, 6) is -0.961. The molecule has 0 aliphatic heterocycles. The van der Waals surface area contributed by atoms with Crippen LogP contribution in [-0.4, -0.2) is 18.3 Å². The van der Waals surface area contributed by atoms with Crippen LogP contribution in [0.5, 0.6) is 5.75 Å². The molecule has 1 amide bonds. The van der Waals surface area contributed by atoms with Gasteiger partial charge in [-0.1, -0.05) is 42.0 Å². The maximum absolute atomic E-state index is 14.0. The lowest BCUT2D eigenvalue weighted by atomic mass is 10.0. The van der Waals surface area contributed by atoms with Crippen LogP contribution < -0.4 is 10.1 Å². The monoisotopic (exact) mass is 417 g/mol. The molecule has 0 unspecified atom stereocenters. The molecule has 1 aromatic heterocycles. The van der Waals surface area contributed by atoms with Gasteiger partial charge in [-0.05, 0) is 49.7 Å². The van der Waals surface area contributed by atoms with Crippen LogP contribution in [0.1, 0.15) is 27.2 Å². The van der Waals surface area contributed by atoms with Crippen molar-refractivity contribution >= 4 is 28.3 Å². The lowest BCUT2D eigenvalue weighted by Gasteiger charge is -2.08. The number of carbonyl (C=O) groups is 2. The normalized spacial score (nSPS) is 10.8. The number of benzene rings is 3. The minimum absolute atomic E-state index is 0.0619. The van der Waals surface area contributed by atoms with Crippen LogP contribution in [-0.2, 0) is 4.79 Å². The molecule has 0 radical (unpaired) electrons. The Kier molecular flexibility index (Phi) is 5.54. The zero-order chi connectivity index (χ0) is 22.0. The summed E-state index contributed by atoms with van der Waals surface area (Å²) in [6.45, 7) is 3.33. The van der Waals surface area contributed by atoms with E-state index in [0.717, 1.165) is 11.6 Å². The van der Waals surface area contributed by atoms with Gasteiger partial charge in [-0.25, -0.2) is 4.39 Å². The molecule has 0 fully saturated rings. The number of nitrogens with one attached hydrogen (secondary N) is 1. The molecule has 0 saturated heterocycles. The number of rotatable bonds is 6. The topological polar surface area (TPSA) is 68.5 Å². The second-order valence-corrected chi connectivity index (χ2v) is 7.25. The van der Waals surface area contributed by atoms with Gasteiger partial charge in [0.1, 0.15) is 17.1 Å². The molecule has 1 heterocycles. The minimum Gasteiger partial charge on any atom is -0.484 e. The molecular weight excluding hydrogens is 397 g/mol. The highest BCUT2D eigenvalue weighted by atomic mass is 19.1. The van der Waals surface area contributed by atoms with Crippen LogP contribution in [0.3, 0.4) is 0 Å². The fraction of sp³-hybridized carbons (Fsp3) is 0.120. The summed E-state index contributed by atoms with van der Waals surface area (Å²) < 4.78 is 25.2. The van der Waals surface area contributed by atoms with Crippen molar-refractivity contribution in [3.05, 3.63) is 95.0 Å². The number of fused-ring (bicyclic) bond motifs is 1. The highest BCUT2D eigenvalue weighted by molar-refractivity contribution is 6.17. The smallest absolute Gasteiger partial charge is 0.262 e. The first-order valence-corrected chi connectivity index (χ1v) is 9.74. The molecular formula is C25H20FNO4. The first-order valence-electron chi connectivity index (χ1n) is 9.74. The average Bonchev–Trinajstić information content (AvgIpc) is 3.13. The number of hydrogen-bond acceptors (Lipinski definition) is 4. The van der Waals surface area contributed by atoms with Crippen LogP contribution in [0.25, 0.3) is 11.0 Å². The highest BCUT2D eigenvalue weighted by Gasteiger charge is 2.24. The van der Waals surface area contributed by atoms with Gasteiger partial charge in [-0.3, -0.25) is 9.59 Å². The first kappa shape index (κ1) is 20.3. The van der Waals surface area contributed by atoms with E-state index in [9.17, 15) is 14.0 Å². The second kappa shape index (κ2) is 8.44. The third-order valence-electron chi connectivity index (χ3n) is 4.89. The Bertz CT molecular complexity index is 1270. The third kappa shape index (κ3) is 4.33. The van der Waals surface area contributed by atoms with E-state index in [0.29, 0.717) is 22.3 Å². The van der Waals surface area contributed by atoms with E-state index < -0.39 is 17.5 Å². The predicted octanol–water partition coefficient (Wildman–Crippen LogP) is 5.44. The average molecular weight is 417 g/mol. The third-order valence-corrected chi connectivity index (χ3v) is 4.89. The van der Waals surface area contributed by atoms with E-state index in [4.69, 9.17) is 9.15 Å². The van der Waals surface area contributed by atoms with Gasteiger partial charge in [0.05, 0.1) is 5.69 Å². The van der Waals surface area contributed by atoms with Gasteiger partial charge in [0.2, 0.25) is 5.78 Å². The molecule has 0 spiro atoms. The second-order valence-electron chi connectivity index (χ2n) is 7.25. The van der Waals surface area contributed by atoms with E-state index >= 15 is 0 Å². The Labute approximate surface area is 178 Å². The SMILES string of the molecule is Cc1ccc(OCC(=O)Nc2c(C(=O)c3ccc(C)c(F)c3)oc3ccccc23)cc1. The predicted molar refractivity (Wildman–Crippen MR) is 116 cm³/mol. The van der Waals surface area contributed by atoms with Gasteiger partial charge in [-0.15, -0.1) is 0 Å². The number of ketones is 1. The summed E-state index contributed by atoms with van der Waals surface area (Å²) in [5, 5.41) is 3.29. The van der Waals surface area contributed by atoms with Crippen molar-refractivity contribution in [2.45, 2.75) is 13.8 Å². The Hall–Kier alpha value is -3.93. The summed E-state index contributed by atoms with van der Waals surface area (Å²) >= 11 is 0. The van der Waals surface area contributed by atoms with Crippen molar-refractivity contribution in [3.63, 3.8) is 0 Å². The molecule has 0 aliphatic carbocycles. The van der Waals surface area contributed by atoms with Crippen molar-refractivity contribution in [2.75, 3.05) is 11.9 Å². The van der Waals surface area contributed by atoms with Crippen molar-refractivity contribution in [1.29, 1.82) is 0 Å². The van der Waals surface area contributed by atoms with Gasteiger partial charge >= 0.3 is 0 Å². The standard InChI is InChI=1S/C25H20FNO4/c1-15-7-11-18(12-8-15)30-14-22(28)27-23-19-5-3-4-6-21(19)31-25(23)24(29)17-10-9-16(2)20(26)13-17/h3-13H,14H2,1-2H3,(H,27,28). The molecule has 4 rings (SSSR count). The molecule has 0 saturated carbocycles. The number of anilines is 1. The summed E-state index contributed by atoms with van der Waals surface area (Å²) in [6.07, 6.45) is 0. The van der Waals surface area contributed by atoms with Crippen molar-refractivity contribution in [3.8, 4) is 5.75 Å². The largest absolute Gasteiger partial charge is 0.484 e. The lowest BCUT2D eigenvalue weighted by molar-refractivity contribution is -0.118. The molecule has 0 atom stereocenters. The highest BCUT2D eigenvalue weighted by Crippen LogP contribution is 2.32. The van der Waals surface area contributed by atoms with Gasteiger partial charge < -0.3 is 14.5 Å². The fourth-order valence-corrected chi connectivity index (χ4v) is 3.15. The van der Waals surface area contributed by atoms with Crippen molar-refractivity contribution in [2.24, 2.45) is 0 Å². The fourth-order valence-electron chi connectivity index (χ4n) is 3.15. The molecule has 156 valence electrons. The number of amides is 1. The molecule has 0 aliphatic rings. The molecule has 31 heavy (non-hydrogen) atoms. The Morgan fingerprint density at radius 3 is 2.48 bits per heavy atom. The number of aryl methyl sites for hydroxylation is 2. The molecule has 5 nitrogen and oxygen atoms in total. The van der Waals surface area contributed by atoms with Gasteiger partial charge in [0.25, 0.3) is 5.91 Å². The molecule has 4 aromatic rings. The number of ether oxygens (including phenoxy) is 1. The van der Waals surface area contributed by atoms with Gasteiger partial charge in [0, 0.05) is 10.9 Å². The summed E-state index contributed by atoms with van der Waals surface area (Å²) in [7, 11) is 0. The maximum Gasteiger partial charge on any atom is 0.262 e. The first-order chi connectivity index (χ1) is 14.9. The van der Waals surface area contributed by atoms with Crippen LogP contribution in [0.4, 0.5) is 10.1 Å². The molecule has 0 bridgehead atoms. The van der Waals surface area contributed by atoms with Crippen LogP contribution >= 0.6 is 0 Å². The maximum atomic E-state index is 14.0. The van der Waals surface area contributed by atoms with E-state index in [2.05, 4.69) is 5.32 Å². The number of para-hydroxylation sites is 1. The van der Waals surface area contributed by atoms with Gasteiger partial charge in [-0.2, -0.15) is 0 Å². The summed E-state index contributed by atoms with van der Waals surface area (Å²) in [6, 6.07) is 18.5. The van der Waals surface area contributed by atoms with Crippen LogP contribution in [0.2, 0.25) is 0 Å². The van der Waals surface area contributed by atoms with Crippen molar-refractivity contribution < 1.29 is 23.1 Å². The van der Waals surface area contributed by atoms with E-state index in [1.165, 1.54) is 12.1 Å². The number of carbonyl (C=O) groups excluding carboxylic acids is 2. The molecule has 6 heteroatoms. The lowest BCUT2D eigenvalue weighted by Crippen LogP contribution is -2.21. The molecule has 1 N–H and O–H groups in total. The van der Waals surface area contributed by atoms with E-state index in [1.54, 1.807) is 43.3 Å². The number of furan rings is 1. The quantitative estimate of drug-likeness (QED) is 0.424. The Balaban J connectivity index is 1.61. The van der Waals surface area contributed by atoms with Crippen LogP contribution in [0.15, 0.2) is 71.1 Å². The summed E-state index contributed by atoms with van der Waals surface area (Å²) in [5.41, 5.74) is 2.32. The molecule has 3 aromatic carbocycles. The Morgan fingerprint density at radius 2 is 1.74 bits per heavy atom. The Morgan fingerprint density at radius 1 is 1.00 bits per heavy atom. The van der Waals surface area contributed by atoms with Crippen LogP contribution in [0, 0.1) is 19.7 Å². The summed E-state index contributed by atoms with van der Waals surface area (Å²) in [4.78, 5) is 25.6. The van der Waals surface area contributed by atoms with Crippen molar-refractivity contribution in [1.82, 2.24) is 0 Å². The van der Waals surface area contributed by atoms with E-state index in [-0.39, 0.29) is 23.6 Å². The van der Waals surface area contributed by atoms with Gasteiger partial charge in [0.15, 0.2) is 12.4 Å². The minimum atomic E-state index is -0.523. The zero-order valence-corrected chi connectivity index (χ0v) is 17.1. The van der Waals surface area contributed by atoms with E-state index in [1.807, 2.05) is 19.1 Å².